The first kappa shape index (κ1) is 20.7. The van der Waals surface area contributed by atoms with Crippen molar-refractivity contribution in [3.05, 3.63) is 18.0 Å². The fourth-order valence-electron chi connectivity index (χ4n) is 3.44. The molecule has 2 heterocycles. The summed E-state index contributed by atoms with van der Waals surface area (Å²) in [6.07, 6.45) is 3.56. The van der Waals surface area contributed by atoms with Gasteiger partial charge in [-0.1, -0.05) is 19.0 Å². The van der Waals surface area contributed by atoms with Crippen LogP contribution in [-0.4, -0.2) is 71.9 Å². The SMILES string of the molecule is CCNC(=NCC(CCO)CC(C)C)N1CCN(Cc2ccon2)CC1. The zero-order valence-electron chi connectivity index (χ0n) is 16.5. The van der Waals surface area contributed by atoms with E-state index in [9.17, 15) is 5.11 Å². The smallest absolute Gasteiger partial charge is 0.194 e. The van der Waals surface area contributed by atoms with Crippen molar-refractivity contribution in [1.82, 2.24) is 20.3 Å². The minimum atomic E-state index is 0.240. The Morgan fingerprint density at radius 2 is 2.12 bits per heavy atom. The molecule has 0 spiro atoms. The summed E-state index contributed by atoms with van der Waals surface area (Å²) in [5.41, 5.74) is 0.986. The number of aliphatic hydroxyl groups is 1. The summed E-state index contributed by atoms with van der Waals surface area (Å²) in [6.45, 7) is 13.2. The highest BCUT2D eigenvalue weighted by atomic mass is 16.5. The molecule has 0 saturated carbocycles. The van der Waals surface area contributed by atoms with Crippen molar-refractivity contribution in [2.45, 2.75) is 40.2 Å². The van der Waals surface area contributed by atoms with Gasteiger partial charge in [-0.2, -0.15) is 0 Å². The van der Waals surface area contributed by atoms with E-state index in [0.29, 0.717) is 11.8 Å². The van der Waals surface area contributed by atoms with Crippen LogP contribution in [0.5, 0.6) is 0 Å². The largest absolute Gasteiger partial charge is 0.396 e. The minimum absolute atomic E-state index is 0.240. The van der Waals surface area contributed by atoms with Gasteiger partial charge in [0.1, 0.15) is 6.26 Å². The van der Waals surface area contributed by atoms with E-state index in [2.05, 4.69) is 41.0 Å². The first-order valence-electron chi connectivity index (χ1n) is 9.88. The van der Waals surface area contributed by atoms with Crippen molar-refractivity contribution in [1.29, 1.82) is 0 Å². The van der Waals surface area contributed by atoms with Crippen LogP contribution in [0, 0.1) is 11.8 Å². The molecule has 1 unspecified atom stereocenters. The maximum Gasteiger partial charge on any atom is 0.194 e. The topological polar surface area (TPSA) is 77.1 Å². The number of piperazine rings is 1. The molecule has 1 fully saturated rings. The van der Waals surface area contributed by atoms with Gasteiger partial charge in [0.2, 0.25) is 0 Å². The molecule has 26 heavy (non-hydrogen) atoms. The molecule has 1 atom stereocenters. The monoisotopic (exact) mass is 365 g/mol. The Labute approximate surface area is 157 Å². The third-order valence-electron chi connectivity index (χ3n) is 4.72. The van der Waals surface area contributed by atoms with Gasteiger partial charge in [0.05, 0.1) is 5.69 Å². The van der Waals surface area contributed by atoms with E-state index in [4.69, 9.17) is 9.52 Å². The summed E-state index contributed by atoms with van der Waals surface area (Å²) in [7, 11) is 0. The summed E-state index contributed by atoms with van der Waals surface area (Å²) < 4.78 is 4.91. The summed E-state index contributed by atoms with van der Waals surface area (Å²) in [6, 6.07) is 1.92. The molecule has 1 aromatic heterocycles. The lowest BCUT2D eigenvalue weighted by Crippen LogP contribution is -2.52. The van der Waals surface area contributed by atoms with Crippen molar-refractivity contribution in [2.24, 2.45) is 16.8 Å². The quantitative estimate of drug-likeness (QED) is 0.513. The highest BCUT2D eigenvalue weighted by Crippen LogP contribution is 2.16. The first-order valence-corrected chi connectivity index (χ1v) is 9.88. The average Bonchev–Trinajstić information content (AvgIpc) is 3.12. The number of aliphatic hydroxyl groups excluding tert-OH is 1. The van der Waals surface area contributed by atoms with E-state index >= 15 is 0 Å². The third-order valence-corrected chi connectivity index (χ3v) is 4.72. The van der Waals surface area contributed by atoms with Gasteiger partial charge in [-0.15, -0.1) is 0 Å². The Morgan fingerprint density at radius 3 is 2.69 bits per heavy atom. The molecule has 1 aromatic rings. The van der Waals surface area contributed by atoms with Crippen LogP contribution in [-0.2, 0) is 6.54 Å². The molecule has 0 amide bonds. The van der Waals surface area contributed by atoms with Crippen LogP contribution >= 0.6 is 0 Å². The molecule has 1 aliphatic rings. The van der Waals surface area contributed by atoms with Gasteiger partial charge >= 0.3 is 0 Å². The van der Waals surface area contributed by atoms with Crippen LogP contribution in [0.4, 0.5) is 0 Å². The molecular weight excluding hydrogens is 330 g/mol. The number of nitrogens with one attached hydrogen (secondary N) is 1. The Balaban J connectivity index is 1.87. The number of aromatic nitrogens is 1. The van der Waals surface area contributed by atoms with E-state index in [1.165, 1.54) is 0 Å². The standard InChI is InChI=1S/C19H35N5O2/c1-4-20-19(21-14-17(5-11-25)13-16(2)3)24-9-7-23(8-10-24)15-18-6-12-26-22-18/h6,12,16-17,25H,4-5,7-11,13-15H2,1-3H3,(H,20,21). The van der Waals surface area contributed by atoms with Gasteiger partial charge in [-0.3, -0.25) is 9.89 Å². The van der Waals surface area contributed by atoms with Gasteiger partial charge in [-0.25, -0.2) is 0 Å². The Hall–Kier alpha value is -1.60. The van der Waals surface area contributed by atoms with Crippen LogP contribution in [0.2, 0.25) is 0 Å². The predicted octanol–water partition coefficient (Wildman–Crippen LogP) is 1.80. The summed E-state index contributed by atoms with van der Waals surface area (Å²) in [4.78, 5) is 9.62. The first-order chi connectivity index (χ1) is 12.6. The second-order valence-corrected chi connectivity index (χ2v) is 7.46. The molecule has 7 heteroatoms. The maximum absolute atomic E-state index is 9.31. The van der Waals surface area contributed by atoms with Crippen LogP contribution in [0.25, 0.3) is 0 Å². The third kappa shape index (κ3) is 6.96. The van der Waals surface area contributed by atoms with E-state index in [0.717, 1.165) is 70.3 Å². The molecule has 2 rings (SSSR count). The molecule has 1 saturated heterocycles. The molecular formula is C19H35N5O2. The molecule has 0 radical (unpaired) electrons. The van der Waals surface area contributed by atoms with E-state index in [-0.39, 0.29) is 6.61 Å². The fraction of sp³-hybridized carbons (Fsp3) is 0.789. The van der Waals surface area contributed by atoms with Crippen molar-refractivity contribution in [3.8, 4) is 0 Å². The summed E-state index contributed by atoms with van der Waals surface area (Å²) in [5.74, 6) is 2.08. The van der Waals surface area contributed by atoms with Gasteiger partial charge in [0.15, 0.2) is 5.96 Å². The van der Waals surface area contributed by atoms with E-state index < -0.39 is 0 Å². The van der Waals surface area contributed by atoms with Crippen molar-refractivity contribution >= 4 is 5.96 Å². The number of guanidine groups is 1. The number of nitrogens with zero attached hydrogens (tertiary/aromatic N) is 4. The molecule has 148 valence electrons. The lowest BCUT2D eigenvalue weighted by molar-refractivity contribution is 0.168. The number of aliphatic imine (C=N–C) groups is 1. The number of rotatable bonds is 9. The molecule has 0 aliphatic carbocycles. The van der Waals surface area contributed by atoms with Gasteiger partial charge in [-0.05, 0) is 31.6 Å². The second-order valence-electron chi connectivity index (χ2n) is 7.46. The van der Waals surface area contributed by atoms with Crippen LogP contribution < -0.4 is 5.32 Å². The number of hydrogen-bond donors (Lipinski definition) is 2. The Kier molecular flexibility index (Phi) is 8.91. The van der Waals surface area contributed by atoms with Gasteiger partial charge in [0.25, 0.3) is 0 Å². The maximum atomic E-state index is 9.31. The van der Waals surface area contributed by atoms with Crippen LogP contribution in [0.3, 0.4) is 0 Å². The average molecular weight is 366 g/mol. The summed E-state index contributed by atoms with van der Waals surface area (Å²) >= 11 is 0. The van der Waals surface area contributed by atoms with Crippen molar-refractivity contribution < 1.29 is 9.63 Å². The normalized spacial score (nSPS) is 17.7. The zero-order chi connectivity index (χ0) is 18.8. The van der Waals surface area contributed by atoms with Gasteiger partial charge in [0, 0.05) is 58.5 Å². The van der Waals surface area contributed by atoms with Crippen molar-refractivity contribution in [3.63, 3.8) is 0 Å². The van der Waals surface area contributed by atoms with Gasteiger partial charge < -0.3 is 19.8 Å². The lowest BCUT2D eigenvalue weighted by Gasteiger charge is -2.36. The van der Waals surface area contributed by atoms with Crippen LogP contribution in [0.15, 0.2) is 21.8 Å². The van der Waals surface area contributed by atoms with E-state index in [1.54, 1.807) is 6.26 Å². The molecule has 0 aromatic carbocycles. The fourth-order valence-corrected chi connectivity index (χ4v) is 3.44. The molecule has 7 nitrogen and oxygen atoms in total. The minimum Gasteiger partial charge on any atom is -0.396 e. The highest BCUT2D eigenvalue weighted by molar-refractivity contribution is 5.80. The Morgan fingerprint density at radius 1 is 1.35 bits per heavy atom. The Bertz CT molecular complexity index is 510. The zero-order valence-corrected chi connectivity index (χ0v) is 16.5. The second kappa shape index (κ2) is 11.2. The molecule has 1 aliphatic heterocycles. The molecule has 2 N–H and O–H groups in total. The van der Waals surface area contributed by atoms with Crippen molar-refractivity contribution in [2.75, 3.05) is 45.9 Å². The lowest BCUT2D eigenvalue weighted by atomic mass is 9.94. The predicted molar refractivity (Wildman–Crippen MR) is 104 cm³/mol. The number of hydrogen-bond acceptors (Lipinski definition) is 5. The highest BCUT2D eigenvalue weighted by Gasteiger charge is 2.20. The molecule has 0 bridgehead atoms. The summed E-state index contributed by atoms with van der Waals surface area (Å²) in [5, 5.41) is 16.7. The van der Waals surface area contributed by atoms with E-state index in [1.807, 2.05) is 6.07 Å². The van der Waals surface area contributed by atoms with Crippen LogP contribution in [0.1, 0.15) is 39.3 Å².